The van der Waals surface area contributed by atoms with Crippen molar-refractivity contribution in [2.24, 2.45) is 0 Å². The lowest BCUT2D eigenvalue weighted by molar-refractivity contribution is 0.538. The smallest absolute Gasteiger partial charge is 0.0192 e. The maximum absolute atomic E-state index is 9.74. The Hall–Kier alpha value is 0.460. The first-order valence-corrected chi connectivity index (χ1v) is 4.46. The summed E-state index contributed by atoms with van der Waals surface area (Å²) in [5.41, 5.74) is 0. The van der Waals surface area contributed by atoms with Crippen molar-refractivity contribution in [3.8, 4) is 0 Å². The second kappa shape index (κ2) is 4.61. The molecule has 0 amide bonds. The first kappa shape index (κ1) is 7.46. The fourth-order valence-electron chi connectivity index (χ4n) is 0.151. The quantitative estimate of drug-likeness (QED) is 0.525. The van der Waals surface area contributed by atoms with Gasteiger partial charge in [-0.25, -0.2) is 0 Å². The molecule has 0 aromatic rings. The average Bonchev–Trinajstić information content (AvgIpc) is 1.61. The second-order valence-electron chi connectivity index (χ2n) is 1.00. The van der Waals surface area contributed by atoms with Gasteiger partial charge in [-0.2, -0.15) is 11.8 Å². The molecule has 2 nitrogen and oxygen atoms in total. The molecule has 0 aromatic carbocycles. The van der Waals surface area contributed by atoms with E-state index in [1.165, 1.54) is 11.8 Å². The summed E-state index contributed by atoms with van der Waals surface area (Å²) in [6.45, 7) is 0. The Balaban J connectivity index is 2.82. The largest absolute Gasteiger partial charge is 0.772 e. The molecule has 0 fully saturated rings. The summed E-state index contributed by atoms with van der Waals surface area (Å²) in [7, 11) is 0. The molecule has 0 saturated heterocycles. The van der Waals surface area contributed by atoms with Gasteiger partial charge >= 0.3 is 0 Å². The highest BCUT2D eigenvalue weighted by Crippen LogP contribution is 1.89. The maximum atomic E-state index is 9.74. The molecule has 0 aromatic heterocycles. The molecule has 4 heteroatoms. The summed E-state index contributed by atoms with van der Waals surface area (Å²) >= 11 is -0.299. The van der Waals surface area contributed by atoms with Gasteiger partial charge in [0.1, 0.15) is 0 Å². The number of rotatable bonds is 3. The van der Waals surface area contributed by atoms with Gasteiger partial charge in [-0.1, -0.05) is 11.1 Å². The van der Waals surface area contributed by atoms with Crippen molar-refractivity contribution in [3.63, 3.8) is 0 Å². The van der Waals surface area contributed by atoms with E-state index in [9.17, 15) is 8.76 Å². The predicted molar refractivity (Wildman–Crippen MR) is 32.2 cm³/mol. The third-order valence-corrected chi connectivity index (χ3v) is 1.86. The van der Waals surface area contributed by atoms with E-state index >= 15 is 0 Å². The van der Waals surface area contributed by atoms with Crippen LogP contribution < -0.4 is 0 Å². The average molecular weight is 139 g/mol. The topological polar surface area (TPSA) is 40.1 Å². The Morgan fingerprint density at radius 1 is 1.86 bits per heavy atom. The lowest BCUT2D eigenvalue weighted by atomic mass is 11.0. The van der Waals surface area contributed by atoms with E-state index in [0.29, 0.717) is 5.75 Å². The zero-order chi connectivity index (χ0) is 5.70. The van der Waals surface area contributed by atoms with Crippen molar-refractivity contribution in [2.75, 3.05) is 17.8 Å². The minimum absolute atomic E-state index is 0.279. The Bertz CT molecular complexity index is 64.0. The van der Waals surface area contributed by atoms with Crippen LogP contribution in [0.4, 0.5) is 0 Å². The normalized spacial score (nSPS) is 14.0. The minimum Gasteiger partial charge on any atom is -0.772 e. The SMILES string of the molecule is CSCCS(=O)[O-]. The van der Waals surface area contributed by atoms with Crippen LogP contribution in [0, 0.1) is 0 Å². The zero-order valence-corrected chi connectivity index (χ0v) is 5.68. The number of hydrogen-bond donors (Lipinski definition) is 0. The standard InChI is InChI=1S/C3H8O2S2/c1-6-2-3-7(4)5/h2-3H2,1H3,(H,4,5)/p-1. The van der Waals surface area contributed by atoms with Crippen molar-refractivity contribution in [1.82, 2.24) is 0 Å². The molecule has 0 aliphatic carbocycles. The van der Waals surface area contributed by atoms with E-state index in [1.54, 1.807) is 0 Å². The van der Waals surface area contributed by atoms with Crippen molar-refractivity contribution in [2.45, 2.75) is 0 Å². The van der Waals surface area contributed by atoms with Crippen LogP contribution in [0.5, 0.6) is 0 Å². The molecule has 0 bridgehead atoms. The van der Waals surface area contributed by atoms with Gasteiger partial charge in [0.2, 0.25) is 0 Å². The Kier molecular flexibility index (Phi) is 4.92. The highest BCUT2D eigenvalue weighted by Gasteiger charge is 1.79. The van der Waals surface area contributed by atoms with Crippen LogP contribution in [-0.4, -0.2) is 26.5 Å². The molecule has 0 saturated carbocycles. The molecule has 0 aliphatic rings. The first-order valence-electron chi connectivity index (χ1n) is 1.82. The van der Waals surface area contributed by atoms with Crippen LogP contribution in [0.15, 0.2) is 0 Å². The van der Waals surface area contributed by atoms with Gasteiger partial charge in [0.05, 0.1) is 0 Å². The van der Waals surface area contributed by atoms with E-state index in [4.69, 9.17) is 0 Å². The van der Waals surface area contributed by atoms with Gasteiger partial charge < -0.3 is 4.55 Å². The zero-order valence-electron chi connectivity index (χ0n) is 4.05. The van der Waals surface area contributed by atoms with Gasteiger partial charge in [-0.05, 0) is 6.26 Å². The van der Waals surface area contributed by atoms with E-state index in [0.717, 1.165) is 0 Å². The van der Waals surface area contributed by atoms with Crippen LogP contribution >= 0.6 is 11.8 Å². The monoisotopic (exact) mass is 139 g/mol. The van der Waals surface area contributed by atoms with Gasteiger partial charge in [0, 0.05) is 11.5 Å². The maximum Gasteiger partial charge on any atom is 0.0192 e. The molecule has 0 N–H and O–H groups in total. The summed E-state index contributed by atoms with van der Waals surface area (Å²) in [4.78, 5) is 0. The van der Waals surface area contributed by atoms with Gasteiger partial charge in [-0.15, -0.1) is 0 Å². The van der Waals surface area contributed by atoms with Crippen LogP contribution in [0.25, 0.3) is 0 Å². The minimum atomic E-state index is -1.84. The number of hydrogen-bond acceptors (Lipinski definition) is 3. The fraction of sp³-hybridized carbons (Fsp3) is 1.00. The van der Waals surface area contributed by atoms with Crippen LogP contribution in [-0.2, 0) is 11.1 Å². The van der Waals surface area contributed by atoms with Crippen molar-refractivity contribution >= 4 is 22.8 Å². The van der Waals surface area contributed by atoms with E-state index in [2.05, 4.69) is 0 Å². The molecule has 0 heterocycles. The molecule has 44 valence electrons. The van der Waals surface area contributed by atoms with E-state index < -0.39 is 11.1 Å². The highest BCUT2D eigenvalue weighted by molar-refractivity contribution is 7.99. The summed E-state index contributed by atoms with van der Waals surface area (Å²) < 4.78 is 19.5. The van der Waals surface area contributed by atoms with Crippen LogP contribution in [0.1, 0.15) is 0 Å². The Morgan fingerprint density at radius 3 is 2.57 bits per heavy atom. The molecule has 0 rings (SSSR count). The van der Waals surface area contributed by atoms with E-state index in [-0.39, 0.29) is 5.75 Å². The van der Waals surface area contributed by atoms with Crippen LogP contribution in [0.3, 0.4) is 0 Å². The molecular formula is C3H7O2S2-. The fourth-order valence-corrected chi connectivity index (χ4v) is 1.36. The van der Waals surface area contributed by atoms with Crippen molar-refractivity contribution in [1.29, 1.82) is 0 Å². The summed E-state index contributed by atoms with van der Waals surface area (Å²) in [5, 5.41) is 0. The molecule has 1 atom stereocenters. The lowest BCUT2D eigenvalue weighted by Crippen LogP contribution is -1.96. The molecule has 0 spiro atoms. The van der Waals surface area contributed by atoms with Crippen LogP contribution in [0.2, 0.25) is 0 Å². The molecule has 7 heavy (non-hydrogen) atoms. The summed E-state index contributed by atoms with van der Waals surface area (Å²) in [5.74, 6) is 0.983. The van der Waals surface area contributed by atoms with E-state index in [1.807, 2.05) is 6.26 Å². The second-order valence-corrected chi connectivity index (χ2v) is 3.00. The van der Waals surface area contributed by atoms with Gasteiger partial charge in [0.15, 0.2) is 0 Å². The molecule has 0 radical (unpaired) electrons. The predicted octanol–water partition coefficient (Wildman–Crippen LogP) is 0.229. The van der Waals surface area contributed by atoms with Gasteiger partial charge in [-0.3, -0.25) is 4.21 Å². The number of thioether (sulfide) groups is 1. The highest BCUT2D eigenvalue weighted by atomic mass is 32.2. The van der Waals surface area contributed by atoms with Crippen molar-refractivity contribution < 1.29 is 8.76 Å². The van der Waals surface area contributed by atoms with Crippen molar-refractivity contribution in [3.05, 3.63) is 0 Å². The lowest BCUT2D eigenvalue weighted by Gasteiger charge is -1.99. The van der Waals surface area contributed by atoms with Gasteiger partial charge in [0.25, 0.3) is 0 Å². The summed E-state index contributed by atoms with van der Waals surface area (Å²) in [6.07, 6.45) is 1.88. The Labute approximate surface area is 50.0 Å². The first-order chi connectivity index (χ1) is 3.27. The Morgan fingerprint density at radius 2 is 2.43 bits per heavy atom. The third-order valence-electron chi connectivity index (χ3n) is 0.454. The molecular weight excluding hydrogens is 132 g/mol. The molecule has 0 aliphatic heterocycles. The molecule has 1 unspecified atom stereocenters. The summed E-state index contributed by atoms with van der Waals surface area (Å²) in [6, 6.07) is 0. The third kappa shape index (κ3) is 6.46.